The lowest BCUT2D eigenvalue weighted by Gasteiger charge is -2.27. The van der Waals surface area contributed by atoms with Crippen molar-refractivity contribution in [2.45, 2.75) is 13.3 Å². The number of hydrogen-bond donors (Lipinski definition) is 0. The van der Waals surface area contributed by atoms with Crippen molar-refractivity contribution in [2.75, 3.05) is 4.90 Å². The van der Waals surface area contributed by atoms with Gasteiger partial charge in [-0.05, 0) is 156 Å². The molecule has 1 aliphatic rings. The van der Waals surface area contributed by atoms with Gasteiger partial charge < -0.3 is 9.47 Å². The number of nitrogens with zero attached hydrogens (tertiary/aromatic N) is 2. The molecule has 0 fully saturated rings. The average Bonchev–Trinajstić information content (AvgIpc) is 3.74. The molecular weight excluding hydrogens is 809 g/mol. The van der Waals surface area contributed by atoms with E-state index in [0.717, 1.165) is 23.5 Å². The van der Waals surface area contributed by atoms with Gasteiger partial charge in [-0.3, -0.25) is 0 Å². The number of fused-ring (bicyclic) bond motifs is 9. The highest BCUT2D eigenvalue weighted by Gasteiger charge is 2.23. The SMILES string of the molecule is CC1CC=C(c2cccc(N(c3ccc(-c4cc5ccccc5c5ccccc45)cc3)c3ccc4c(ccc5ccccc54)c3)c2)C=C1c1cccc2c1c1ccccc1n2-c1ccccc1. The molecule has 0 aliphatic heterocycles. The molecule has 1 heterocycles. The van der Waals surface area contributed by atoms with Crippen LogP contribution in [0, 0.1) is 5.92 Å². The second-order valence-corrected chi connectivity index (χ2v) is 18.1. The smallest absolute Gasteiger partial charge is 0.0547 e. The summed E-state index contributed by atoms with van der Waals surface area (Å²) in [5.41, 5.74) is 14.6. The van der Waals surface area contributed by atoms with Crippen molar-refractivity contribution in [1.82, 2.24) is 4.57 Å². The maximum absolute atomic E-state index is 2.46. The van der Waals surface area contributed by atoms with Crippen molar-refractivity contribution in [1.29, 1.82) is 0 Å². The van der Waals surface area contributed by atoms with Crippen molar-refractivity contribution >= 4 is 93.1 Å². The quantitative estimate of drug-likeness (QED) is 0.145. The third-order valence-corrected chi connectivity index (χ3v) is 14.2. The van der Waals surface area contributed by atoms with E-state index in [4.69, 9.17) is 0 Å². The van der Waals surface area contributed by atoms with Crippen molar-refractivity contribution in [3.05, 3.63) is 254 Å². The first-order valence-corrected chi connectivity index (χ1v) is 23.5. The lowest BCUT2D eigenvalue weighted by Crippen LogP contribution is -2.10. The molecule has 0 saturated heterocycles. The van der Waals surface area contributed by atoms with E-state index in [1.165, 1.54) is 104 Å². The Morgan fingerprint density at radius 1 is 0.403 bits per heavy atom. The van der Waals surface area contributed by atoms with Crippen molar-refractivity contribution < 1.29 is 0 Å². The molecule has 0 radical (unpaired) electrons. The van der Waals surface area contributed by atoms with Gasteiger partial charge in [-0.25, -0.2) is 0 Å². The summed E-state index contributed by atoms with van der Waals surface area (Å²) in [6.07, 6.45) is 5.87. The second-order valence-electron chi connectivity index (χ2n) is 18.1. The summed E-state index contributed by atoms with van der Waals surface area (Å²) < 4.78 is 2.42. The van der Waals surface area contributed by atoms with E-state index in [1.54, 1.807) is 0 Å². The van der Waals surface area contributed by atoms with Crippen LogP contribution >= 0.6 is 0 Å². The first-order chi connectivity index (χ1) is 33.1. The Morgan fingerprint density at radius 3 is 1.85 bits per heavy atom. The fourth-order valence-corrected chi connectivity index (χ4v) is 11.0. The largest absolute Gasteiger partial charge is 0.310 e. The zero-order chi connectivity index (χ0) is 44.4. The molecule has 1 atom stereocenters. The molecule has 1 unspecified atom stereocenters. The van der Waals surface area contributed by atoms with Crippen molar-refractivity contribution in [2.24, 2.45) is 5.92 Å². The van der Waals surface area contributed by atoms with Crippen molar-refractivity contribution in [3.63, 3.8) is 0 Å². The number of benzene rings is 11. The van der Waals surface area contributed by atoms with Gasteiger partial charge in [0.1, 0.15) is 0 Å². The lowest BCUT2D eigenvalue weighted by atomic mass is 9.82. The minimum Gasteiger partial charge on any atom is -0.310 e. The number of para-hydroxylation sites is 2. The standard InChI is InChI=1S/C65H46N2/c1-43-29-30-47(41-61(43)59-26-14-28-64-65(59)60-25-11-12-27-63(60)67(64)50-18-3-2-4-19-50)46-17-13-20-52(39-46)66(53-37-38-56-49(40-53)32-31-44-15-5-7-21-54(44)56)51-35-33-45(34-36-51)62-42-48-16-6-8-22-55(48)57-23-9-10-24-58(57)62/h2-28,30-43H,29H2,1H3. The zero-order valence-corrected chi connectivity index (χ0v) is 37.3. The molecule has 1 aromatic heterocycles. The van der Waals surface area contributed by atoms with E-state index >= 15 is 0 Å². The van der Waals surface area contributed by atoms with Crippen LogP contribution in [0.5, 0.6) is 0 Å². The molecule has 2 nitrogen and oxygen atoms in total. The van der Waals surface area contributed by atoms with Crippen LogP contribution in [-0.2, 0) is 0 Å². The molecule has 0 bridgehead atoms. The number of hydrogen-bond acceptors (Lipinski definition) is 1. The Bertz CT molecular complexity index is 3960. The molecule has 0 amide bonds. The Kier molecular flexibility index (Phi) is 9.25. The minimum absolute atomic E-state index is 0.361. The maximum Gasteiger partial charge on any atom is 0.0547 e. The van der Waals surface area contributed by atoms with Gasteiger partial charge >= 0.3 is 0 Å². The van der Waals surface area contributed by atoms with Gasteiger partial charge in [0.25, 0.3) is 0 Å². The van der Waals surface area contributed by atoms with Crippen LogP contribution in [0.1, 0.15) is 24.5 Å². The predicted octanol–water partition coefficient (Wildman–Crippen LogP) is 18.0. The molecule has 2 heteroatoms. The van der Waals surface area contributed by atoms with E-state index in [-0.39, 0.29) is 0 Å². The first kappa shape index (κ1) is 39.0. The van der Waals surface area contributed by atoms with Gasteiger partial charge in [0.2, 0.25) is 0 Å². The Balaban J connectivity index is 0.937. The normalized spacial score (nSPS) is 14.0. The van der Waals surface area contributed by atoms with Gasteiger partial charge in [-0.1, -0.05) is 183 Å². The van der Waals surface area contributed by atoms with Crippen LogP contribution in [0.4, 0.5) is 17.1 Å². The molecule has 11 aromatic carbocycles. The van der Waals surface area contributed by atoms with E-state index in [9.17, 15) is 0 Å². The van der Waals surface area contributed by atoms with Crippen LogP contribution in [0.15, 0.2) is 243 Å². The Hall–Kier alpha value is -8.46. The van der Waals surface area contributed by atoms with Crippen LogP contribution in [-0.4, -0.2) is 4.57 Å². The Morgan fingerprint density at radius 2 is 1.01 bits per heavy atom. The third-order valence-electron chi connectivity index (χ3n) is 14.2. The molecule has 316 valence electrons. The zero-order valence-electron chi connectivity index (χ0n) is 37.3. The van der Waals surface area contributed by atoms with E-state index in [1.807, 2.05) is 0 Å². The highest BCUT2D eigenvalue weighted by Crippen LogP contribution is 2.45. The minimum atomic E-state index is 0.361. The topological polar surface area (TPSA) is 8.17 Å². The van der Waals surface area contributed by atoms with Gasteiger partial charge in [0, 0.05) is 33.5 Å². The van der Waals surface area contributed by atoms with Gasteiger partial charge in [0.05, 0.1) is 11.0 Å². The van der Waals surface area contributed by atoms with Crippen LogP contribution in [0.25, 0.3) is 92.9 Å². The molecule has 0 spiro atoms. The van der Waals surface area contributed by atoms with Gasteiger partial charge in [-0.2, -0.15) is 0 Å². The predicted molar refractivity (Wildman–Crippen MR) is 287 cm³/mol. The fourth-order valence-electron chi connectivity index (χ4n) is 11.0. The van der Waals surface area contributed by atoms with Crippen LogP contribution in [0.3, 0.4) is 0 Å². The second kappa shape index (κ2) is 15.9. The fraction of sp³-hybridized carbons (Fsp3) is 0.0462. The third kappa shape index (κ3) is 6.56. The van der Waals surface area contributed by atoms with E-state index in [2.05, 4.69) is 259 Å². The molecule has 67 heavy (non-hydrogen) atoms. The lowest BCUT2D eigenvalue weighted by molar-refractivity contribution is 0.762. The average molecular weight is 855 g/mol. The molecule has 12 aromatic rings. The summed E-state index contributed by atoms with van der Waals surface area (Å²) in [5, 5.41) is 12.7. The summed E-state index contributed by atoms with van der Waals surface area (Å²) in [6, 6.07) is 84.8. The molecular formula is C65H46N2. The number of allylic oxidation sites excluding steroid dienone is 4. The monoisotopic (exact) mass is 854 g/mol. The van der Waals surface area contributed by atoms with Gasteiger partial charge in [0.15, 0.2) is 0 Å². The molecule has 13 rings (SSSR count). The Labute approximate surface area is 390 Å². The van der Waals surface area contributed by atoms with Crippen LogP contribution in [0.2, 0.25) is 0 Å². The highest BCUT2D eigenvalue weighted by atomic mass is 15.1. The molecule has 0 saturated carbocycles. The maximum atomic E-state index is 2.46. The summed E-state index contributed by atoms with van der Waals surface area (Å²) >= 11 is 0. The first-order valence-electron chi connectivity index (χ1n) is 23.5. The van der Waals surface area contributed by atoms with Crippen molar-refractivity contribution in [3.8, 4) is 16.8 Å². The summed E-state index contributed by atoms with van der Waals surface area (Å²) in [4.78, 5) is 2.43. The number of anilines is 3. The van der Waals surface area contributed by atoms with Crippen LogP contribution < -0.4 is 4.90 Å². The van der Waals surface area contributed by atoms with E-state index in [0.29, 0.717) is 5.92 Å². The molecule has 1 aliphatic carbocycles. The summed E-state index contributed by atoms with van der Waals surface area (Å²) in [7, 11) is 0. The van der Waals surface area contributed by atoms with E-state index < -0.39 is 0 Å². The molecule has 0 N–H and O–H groups in total. The summed E-state index contributed by atoms with van der Waals surface area (Å²) in [5.74, 6) is 0.361. The van der Waals surface area contributed by atoms with Gasteiger partial charge in [-0.15, -0.1) is 0 Å². The number of aromatic nitrogens is 1. The summed E-state index contributed by atoms with van der Waals surface area (Å²) in [6.45, 7) is 2.37. The number of rotatable bonds is 7. The highest BCUT2D eigenvalue weighted by molar-refractivity contribution is 6.16.